The molecule has 0 aromatic heterocycles. The zero-order valence-electron chi connectivity index (χ0n) is 13.2. The molecule has 1 aliphatic heterocycles. The summed E-state index contributed by atoms with van der Waals surface area (Å²) in [6.07, 6.45) is 2.34. The van der Waals surface area contributed by atoms with E-state index in [0.717, 1.165) is 0 Å². The van der Waals surface area contributed by atoms with Gasteiger partial charge in [-0.15, -0.1) is 0 Å². The van der Waals surface area contributed by atoms with E-state index < -0.39 is 6.10 Å². The van der Waals surface area contributed by atoms with E-state index in [0.29, 0.717) is 32.7 Å². The van der Waals surface area contributed by atoms with E-state index in [-0.39, 0.29) is 11.8 Å². The third-order valence-electron chi connectivity index (χ3n) is 3.58. The molecule has 3 rings (SSSR count). The zero-order valence-corrected chi connectivity index (χ0v) is 14.7. The minimum Gasteiger partial charge on any atom is -0.479 e. The lowest BCUT2D eigenvalue weighted by Gasteiger charge is -2.23. The second-order valence-electron chi connectivity index (χ2n) is 5.42. The van der Waals surface area contributed by atoms with Gasteiger partial charge in [-0.05, 0) is 43.3 Å². The van der Waals surface area contributed by atoms with Crippen LogP contribution >= 0.6 is 23.2 Å². The molecule has 2 aromatic carbocycles. The highest BCUT2D eigenvalue weighted by Crippen LogP contribution is 2.32. The molecule has 0 radical (unpaired) electrons. The van der Waals surface area contributed by atoms with Crippen LogP contribution in [0.1, 0.15) is 12.5 Å². The van der Waals surface area contributed by atoms with Crippen molar-refractivity contribution in [2.24, 2.45) is 0 Å². The van der Waals surface area contributed by atoms with Gasteiger partial charge in [0, 0.05) is 27.4 Å². The second kappa shape index (κ2) is 7.17. The van der Waals surface area contributed by atoms with Gasteiger partial charge in [0.15, 0.2) is 6.10 Å². The minimum atomic E-state index is -0.545. The number of nitrogens with one attached hydrogen (secondary N) is 2. The standard InChI is InChI=1S/C18H14Cl2N2O3/c1-10-18(24)22-15-9-11(5-7-16(15)25-10)21-17(23)8-6-12-13(19)3-2-4-14(12)20/h2-10H,1H3,(H,21,23)(H,22,24)/b8-6+. The number of amides is 2. The van der Waals surface area contributed by atoms with E-state index in [1.54, 1.807) is 49.4 Å². The van der Waals surface area contributed by atoms with Gasteiger partial charge in [-0.25, -0.2) is 0 Å². The van der Waals surface area contributed by atoms with Crippen LogP contribution in [-0.2, 0) is 9.59 Å². The molecule has 0 fully saturated rings. The fourth-order valence-corrected chi connectivity index (χ4v) is 2.82. The van der Waals surface area contributed by atoms with Crippen molar-refractivity contribution in [1.29, 1.82) is 0 Å². The fraction of sp³-hybridized carbons (Fsp3) is 0.111. The van der Waals surface area contributed by atoms with E-state index in [2.05, 4.69) is 10.6 Å². The second-order valence-corrected chi connectivity index (χ2v) is 6.23. The smallest absolute Gasteiger partial charge is 0.265 e. The van der Waals surface area contributed by atoms with Gasteiger partial charge in [-0.1, -0.05) is 29.3 Å². The van der Waals surface area contributed by atoms with E-state index >= 15 is 0 Å². The molecule has 0 spiro atoms. The summed E-state index contributed by atoms with van der Waals surface area (Å²) in [5, 5.41) is 6.35. The highest BCUT2D eigenvalue weighted by molar-refractivity contribution is 6.37. The molecule has 1 unspecified atom stereocenters. The maximum Gasteiger partial charge on any atom is 0.265 e. The third kappa shape index (κ3) is 3.95. The molecular weight excluding hydrogens is 363 g/mol. The van der Waals surface area contributed by atoms with Crippen molar-refractivity contribution in [2.45, 2.75) is 13.0 Å². The first-order valence-corrected chi connectivity index (χ1v) is 8.24. The van der Waals surface area contributed by atoms with Crippen LogP contribution in [0.4, 0.5) is 11.4 Å². The topological polar surface area (TPSA) is 67.4 Å². The lowest BCUT2D eigenvalue weighted by atomic mass is 10.2. The van der Waals surface area contributed by atoms with Crippen molar-refractivity contribution in [1.82, 2.24) is 0 Å². The van der Waals surface area contributed by atoms with Gasteiger partial charge in [0.25, 0.3) is 5.91 Å². The quantitative estimate of drug-likeness (QED) is 0.781. The number of hydrogen-bond acceptors (Lipinski definition) is 3. The Hall–Kier alpha value is -2.50. The predicted octanol–water partition coefficient (Wildman–Crippen LogP) is 4.36. The maximum atomic E-state index is 12.1. The summed E-state index contributed by atoms with van der Waals surface area (Å²) in [7, 11) is 0. The normalized spacial score (nSPS) is 16.1. The van der Waals surface area contributed by atoms with E-state index in [1.807, 2.05) is 0 Å². The molecule has 2 amide bonds. The van der Waals surface area contributed by atoms with Crippen molar-refractivity contribution >= 4 is 52.5 Å². The Morgan fingerprint density at radius 3 is 2.68 bits per heavy atom. The predicted molar refractivity (Wildman–Crippen MR) is 99.3 cm³/mol. The van der Waals surface area contributed by atoms with Crippen LogP contribution in [0, 0.1) is 0 Å². The number of ether oxygens (including phenoxy) is 1. The molecule has 1 heterocycles. The Labute approximate surface area is 154 Å². The van der Waals surface area contributed by atoms with Gasteiger partial charge in [-0.2, -0.15) is 0 Å². The number of halogens is 2. The molecule has 0 bridgehead atoms. The van der Waals surface area contributed by atoms with Crippen molar-refractivity contribution in [3.8, 4) is 5.75 Å². The summed E-state index contributed by atoms with van der Waals surface area (Å²) in [5.41, 5.74) is 1.61. The molecule has 2 aromatic rings. The Kier molecular flexibility index (Phi) is 4.97. The molecule has 0 saturated carbocycles. The van der Waals surface area contributed by atoms with Crippen LogP contribution in [0.15, 0.2) is 42.5 Å². The first-order valence-electron chi connectivity index (χ1n) is 7.48. The maximum absolute atomic E-state index is 12.1. The number of hydrogen-bond donors (Lipinski definition) is 2. The minimum absolute atomic E-state index is 0.232. The van der Waals surface area contributed by atoms with Crippen LogP contribution in [-0.4, -0.2) is 17.9 Å². The molecule has 7 heteroatoms. The van der Waals surface area contributed by atoms with Crippen molar-refractivity contribution in [2.75, 3.05) is 10.6 Å². The largest absolute Gasteiger partial charge is 0.479 e. The third-order valence-corrected chi connectivity index (χ3v) is 4.24. The van der Waals surface area contributed by atoms with Gasteiger partial charge in [0.2, 0.25) is 5.91 Å². The molecule has 1 aliphatic rings. The Bertz CT molecular complexity index is 860. The summed E-state index contributed by atoms with van der Waals surface area (Å²) < 4.78 is 5.47. The molecule has 128 valence electrons. The van der Waals surface area contributed by atoms with Crippen LogP contribution in [0.5, 0.6) is 5.75 Å². The van der Waals surface area contributed by atoms with Crippen LogP contribution in [0.2, 0.25) is 10.0 Å². The zero-order chi connectivity index (χ0) is 18.0. The Morgan fingerprint density at radius 1 is 1.24 bits per heavy atom. The fourth-order valence-electron chi connectivity index (χ4n) is 2.30. The van der Waals surface area contributed by atoms with Crippen LogP contribution in [0.25, 0.3) is 6.08 Å². The number of fused-ring (bicyclic) bond motifs is 1. The average Bonchev–Trinajstić information content (AvgIpc) is 2.56. The number of carbonyl (C=O) groups excluding carboxylic acids is 2. The summed E-state index contributed by atoms with van der Waals surface area (Å²) >= 11 is 12.1. The van der Waals surface area contributed by atoms with Gasteiger partial charge >= 0.3 is 0 Å². The molecule has 0 saturated heterocycles. The average molecular weight is 377 g/mol. The highest BCUT2D eigenvalue weighted by atomic mass is 35.5. The molecule has 0 aliphatic carbocycles. The SMILES string of the molecule is CC1Oc2ccc(NC(=O)/C=C/c3c(Cl)cccc3Cl)cc2NC1=O. The number of anilines is 2. The van der Waals surface area contributed by atoms with Crippen LogP contribution < -0.4 is 15.4 Å². The molecule has 25 heavy (non-hydrogen) atoms. The van der Waals surface area contributed by atoms with Crippen molar-refractivity contribution in [3.63, 3.8) is 0 Å². The summed E-state index contributed by atoms with van der Waals surface area (Å²) in [6, 6.07) is 10.1. The van der Waals surface area contributed by atoms with Crippen LogP contribution in [0.3, 0.4) is 0 Å². The summed E-state index contributed by atoms with van der Waals surface area (Å²) in [6.45, 7) is 1.67. The van der Waals surface area contributed by atoms with Gasteiger partial charge in [0.05, 0.1) is 5.69 Å². The molecule has 2 N–H and O–H groups in total. The van der Waals surface area contributed by atoms with E-state index in [9.17, 15) is 9.59 Å². The van der Waals surface area contributed by atoms with Gasteiger partial charge in [-0.3, -0.25) is 9.59 Å². The lowest BCUT2D eigenvalue weighted by Crippen LogP contribution is -2.34. The van der Waals surface area contributed by atoms with E-state index in [1.165, 1.54) is 6.08 Å². The summed E-state index contributed by atoms with van der Waals surface area (Å²) in [5.74, 6) is -0.0277. The number of rotatable bonds is 3. The van der Waals surface area contributed by atoms with Crippen molar-refractivity contribution < 1.29 is 14.3 Å². The number of benzene rings is 2. The van der Waals surface area contributed by atoms with Crippen molar-refractivity contribution in [3.05, 3.63) is 58.1 Å². The summed E-state index contributed by atoms with van der Waals surface area (Å²) in [4.78, 5) is 23.7. The number of carbonyl (C=O) groups is 2. The molecular formula is C18H14Cl2N2O3. The van der Waals surface area contributed by atoms with Gasteiger partial charge in [0.1, 0.15) is 5.75 Å². The monoisotopic (exact) mass is 376 g/mol. The van der Waals surface area contributed by atoms with Gasteiger partial charge < -0.3 is 15.4 Å². The first-order chi connectivity index (χ1) is 11.9. The molecule has 5 nitrogen and oxygen atoms in total. The highest BCUT2D eigenvalue weighted by Gasteiger charge is 2.23. The Morgan fingerprint density at radius 2 is 1.96 bits per heavy atom. The van der Waals surface area contributed by atoms with E-state index in [4.69, 9.17) is 27.9 Å². The lowest BCUT2D eigenvalue weighted by molar-refractivity contribution is -0.122. The molecule has 1 atom stereocenters. The first kappa shape index (κ1) is 17.3. The Balaban J connectivity index is 1.73.